The molecule has 0 bridgehead atoms. The number of carbonyl (C=O) groups excluding carboxylic acids is 1. The van der Waals surface area contributed by atoms with Gasteiger partial charge in [-0.25, -0.2) is 0 Å². The second-order valence-electron chi connectivity index (χ2n) is 5.28. The summed E-state index contributed by atoms with van der Waals surface area (Å²) in [5, 5.41) is 3.45. The molecule has 19 heavy (non-hydrogen) atoms. The van der Waals surface area contributed by atoms with Crippen LogP contribution in [0, 0.1) is 0 Å². The zero-order valence-electron chi connectivity index (χ0n) is 11.4. The van der Waals surface area contributed by atoms with E-state index in [2.05, 4.69) is 18.3 Å². The lowest BCUT2D eigenvalue weighted by molar-refractivity contribution is -0.130. The lowest BCUT2D eigenvalue weighted by atomic mass is 10.1. The quantitative estimate of drug-likeness (QED) is 0.901. The molecular weight excluding hydrogens is 240 g/mol. The average Bonchev–Trinajstić information content (AvgIpc) is 3.22. The standard InChI is InChI=1S/C15H20N2O2/c1-3-13-15(18)17(11-7-8-11)14(16-13)10-5-4-6-12(9-10)19-2/h4-6,9,11,13-14,16H,3,7-8H2,1-2H3. The largest absolute Gasteiger partial charge is 0.497 e. The lowest BCUT2D eigenvalue weighted by Crippen LogP contribution is -2.32. The fourth-order valence-corrected chi connectivity index (χ4v) is 2.75. The molecule has 0 aromatic heterocycles. The van der Waals surface area contributed by atoms with Gasteiger partial charge in [-0.05, 0) is 37.0 Å². The molecule has 1 saturated carbocycles. The predicted molar refractivity (Wildman–Crippen MR) is 72.8 cm³/mol. The van der Waals surface area contributed by atoms with Crippen LogP contribution in [0.25, 0.3) is 0 Å². The molecule has 1 amide bonds. The molecule has 2 unspecified atom stereocenters. The number of carbonyl (C=O) groups is 1. The van der Waals surface area contributed by atoms with E-state index >= 15 is 0 Å². The third-order valence-corrected chi connectivity index (χ3v) is 3.95. The molecule has 0 radical (unpaired) electrons. The van der Waals surface area contributed by atoms with E-state index in [1.807, 2.05) is 23.1 Å². The van der Waals surface area contributed by atoms with E-state index in [-0.39, 0.29) is 18.1 Å². The van der Waals surface area contributed by atoms with Crippen LogP contribution >= 0.6 is 0 Å². The molecule has 1 heterocycles. The first kappa shape index (κ1) is 12.5. The topological polar surface area (TPSA) is 41.6 Å². The van der Waals surface area contributed by atoms with Crippen molar-refractivity contribution in [3.63, 3.8) is 0 Å². The van der Waals surface area contributed by atoms with E-state index in [0.29, 0.717) is 6.04 Å². The van der Waals surface area contributed by atoms with Crippen molar-refractivity contribution in [3.05, 3.63) is 29.8 Å². The summed E-state index contributed by atoms with van der Waals surface area (Å²) in [6.45, 7) is 2.05. The van der Waals surface area contributed by atoms with Gasteiger partial charge in [0, 0.05) is 6.04 Å². The Morgan fingerprint density at radius 1 is 1.42 bits per heavy atom. The van der Waals surface area contributed by atoms with E-state index in [4.69, 9.17) is 4.74 Å². The highest BCUT2D eigenvalue weighted by atomic mass is 16.5. The Kier molecular flexibility index (Phi) is 3.19. The summed E-state index contributed by atoms with van der Waals surface area (Å²) < 4.78 is 5.27. The van der Waals surface area contributed by atoms with E-state index in [1.54, 1.807) is 7.11 Å². The summed E-state index contributed by atoms with van der Waals surface area (Å²) in [6, 6.07) is 8.35. The summed E-state index contributed by atoms with van der Waals surface area (Å²) in [6.07, 6.45) is 3.09. The molecule has 2 aliphatic rings. The van der Waals surface area contributed by atoms with Crippen LogP contribution in [0.2, 0.25) is 0 Å². The van der Waals surface area contributed by atoms with Crippen molar-refractivity contribution in [1.82, 2.24) is 10.2 Å². The highest BCUT2D eigenvalue weighted by Gasteiger charge is 2.45. The summed E-state index contributed by atoms with van der Waals surface area (Å²) in [5.41, 5.74) is 1.11. The number of hydrogen-bond donors (Lipinski definition) is 1. The summed E-state index contributed by atoms with van der Waals surface area (Å²) >= 11 is 0. The van der Waals surface area contributed by atoms with Crippen LogP contribution in [0.5, 0.6) is 5.75 Å². The van der Waals surface area contributed by atoms with Gasteiger partial charge >= 0.3 is 0 Å². The van der Waals surface area contributed by atoms with Crippen LogP contribution in [-0.4, -0.2) is 30.0 Å². The van der Waals surface area contributed by atoms with Crippen molar-refractivity contribution in [2.24, 2.45) is 0 Å². The first-order valence-electron chi connectivity index (χ1n) is 6.96. The van der Waals surface area contributed by atoms with Gasteiger partial charge < -0.3 is 9.64 Å². The fourth-order valence-electron chi connectivity index (χ4n) is 2.75. The van der Waals surface area contributed by atoms with Crippen molar-refractivity contribution in [2.45, 2.75) is 44.4 Å². The maximum Gasteiger partial charge on any atom is 0.241 e. The smallest absolute Gasteiger partial charge is 0.241 e. The molecule has 1 N–H and O–H groups in total. The molecule has 1 aromatic rings. The number of hydrogen-bond acceptors (Lipinski definition) is 3. The Balaban J connectivity index is 1.90. The third-order valence-electron chi connectivity index (χ3n) is 3.95. The number of benzene rings is 1. The third kappa shape index (κ3) is 2.21. The average molecular weight is 260 g/mol. The second-order valence-corrected chi connectivity index (χ2v) is 5.28. The minimum absolute atomic E-state index is 0.0000463. The zero-order chi connectivity index (χ0) is 13.4. The number of amides is 1. The van der Waals surface area contributed by atoms with Crippen molar-refractivity contribution in [2.75, 3.05) is 7.11 Å². The van der Waals surface area contributed by atoms with Crippen LogP contribution in [0.15, 0.2) is 24.3 Å². The highest BCUT2D eigenvalue weighted by molar-refractivity contribution is 5.85. The van der Waals surface area contributed by atoms with Crippen LogP contribution in [0.4, 0.5) is 0 Å². The van der Waals surface area contributed by atoms with Crippen molar-refractivity contribution in [3.8, 4) is 5.75 Å². The Morgan fingerprint density at radius 2 is 2.21 bits per heavy atom. The van der Waals surface area contributed by atoms with Crippen molar-refractivity contribution >= 4 is 5.91 Å². The SMILES string of the molecule is CCC1NC(c2cccc(OC)c2)N(C2CC2)C1=O. The lowest BCUT2D eigenvalue weighted by Gasteiger charge is -2.24. The van der Waals surface area contributed by atoms with Crippen molar-refractivity contribution < 1.29 is 9.53 Å². The maximum atomic E-state index is 12.4. The van der Waals surface area contributed by atoms with E-state index in [0.717, 1.165) is 30.6 Å². The monoisotopic (exact) mass is 260 g/mol. The molecule has 1 aliphatic carbocycles. The fraction of sp³-hybridized carbons (Fsp3) is 0.533. The van der Waals surface area contributed by atoms with Gasteiger partial charge in [0.25, 0.3) is 0 Å². The first-order chi connectivity index (χ1) is 9.24. The molecule has 102 valence electrons. The molecular formula is C15H20N2O2. The molecule has 1 aromatic carbocycles. The number of nitrogens with zero attached hydrogens (tertiary/aromatic N) is 1. The highest BCUT2D eigenvalue weighted by Crippen LogP contribution is 2.38. The second kappa shape index (κ2) is 4.85. The first-order valence-corrected chi connectivity index (χ1v) is 6.96. The molecule has 2 fully saturated rings. The zero-order valence-corrected chi connectivity index (χ0v) is 11.4. The van der Waals surface area contributed by atoms with Gasteiger partial charge in [-0.2, -0.15) is 0 Å². The van der Waals surface area contributed by atoms with Crippen LogP contribution in [0.1, 0.15) is 37.9 Å². The van der Waals surface area contributed by atoms with Gasteiger partial charge in [-0.15, -0.1) is 0 Å². The van der Waals surface area contributed by atoms with Gasteiger partial charge in [0.2, 0.25) is 5.91 Å². The summed E-state index contributed by atoms with van der Waals surface area (Å²) in [4.78, 5) is 14.4. The molecule has 0 spiro atoms. The minimum Gasteiger partial charge on any atom is -0.497 e. The van der Waals surface area contributed by atoms with Crippen LogP contribution in [0.3, 0.4) is 0 Å². The normalized spacial score (nSPS) is 26.8. The Bertz CT molecular complexity index is 485. The summed E-state index contributed by atoms with van der Waals surface area (Å²) in [5.74, 6) is 1.08. The van der Waals surface area contributed by atoms with Gasteiger partial charge in [-0.3, -0.25) is 10.1 Å². The van der Waals surface area contributed by atoms with Crippen molar-refractivity contribution in [1.29, 1.82) is 0 Å². The number of nitrogens with one attached hydrogen (secondary N) is 1. The van der Waals surface area contributed by atoms with Crippen LogP contribution in [-0.2, 0) is 4.79 Å². The number of methoxy groups -OCH3 is 1. The van der Waals surface area contributed by atoms with Crippen LogP contribution < -0.4 is 10.1 Å². The van der Waals surface area contributed by atoms with E-state index in [1.165, 1.54) is 0 Å². The Labute approximate surface area is 113 Å². The maximum absolute atomic E-state index is 12.4. The molecule has 4 heteroatoms. The number of rotatable bonds is 4. The molecule has 2 atom stereocenters. The van der Waals surface area contributed by atoms with Gasteiger partial charge in [-0.1, -0.05) is 19.1 Å². The molecule has 1 saturated heterocycles. The van der Waals surface area contributed by atoms with Gasteiger partial charge in [0.05, 0.1) is 13.2 Å². The molecule has 4 nitrogen and oxygen atoms in total. The summed E-state index contributed by atoms with van der Waals surface area (Å²) in [7, 11) is 1.67. The Hall–Kier alpha value is -1.55. The van der Waals surface area contributed by atoms with Gasteiger partial charge in [0.15, 0.2) is 0 Å². The van der Waals surface area contributed by atoms with E-state index < -0.39 is 0 Å². The number of ether oxygens (including phenoxy) is 1. The predicted octanol–water partition coefficient (Wildman–Crippen LogP) is 2.07. The minimum atomic E-state index is -0.0446. The Morgan fingerprint density at radius 3 is 2.84 bits per heavy atom. The van der Waals surface area contributed by atoms with Gasteiger partial charge in [0.1, 0.15) is 11.9 Å². The molecule has 3 rings (SSSR count). The molecule has 1 aliphatic heterocycles. The van der Waals surface area contributed by atoms with E-state index in [9.17, 15) is 4.79 Å².